The van der Waals surface area contributed by atoms with Gasteiger partial charge in [-0.25, -0.2) is 14.4 Å². The first-order chi connectivity index (χ1) is 16.8. The number of aliphatic hydroxyl groups excluding tert-OH is 1. The number of hydrogen-bond acceptors (Lipinski definition) is 7. The van der Waals surface area contributed by atoms with Gasteiger partial charge in [0.25, 0.3) is 5.91 Å². The molecular weight excluding hydrogens is 473 g/mol. The van der Waals surface area contributed by atoms with Gasteiger partial charge in [0.1, 0.15) is 17.7 Å². The third-order valence-corrected chi connectivity index (χ3v) is 6.94. The molecule has 3 N–H and O–H groups in total. The standard InChI is InChI=1S/C25H31ClFN5O3/c1-3-18-10-19(8-15(2)32(18)6-7-33)35-23-9-17(27)4-5-20(23)25(34)31-13-21(22(28)14-31)24-29-11-16(26)12-30-24/h4-5,9,11-12,15,18-19,33H,3,6-8,10,13-14,28H2,1-2H3. The van der Waals surface area contributed by atoms with Gasteiger partial charge >= 0.3 is 0 Å². The highest BCUT2D eigenvalue weighted by atomic mass is 35.5. The second kappa shape index (κ2) is 10.9. The molecule has 1 aromatic carbocycles. The molecule has 0 bridgehead atoms. The number of hydrogen-bond donors (Lipinski definition) is 2. The minimum absolute atomic E-state index is 0.102. The predicted molar refractivity (Wildman–Crippen MR) is 131 cm³/mol. The molecule has 2 aromatic rings. The molecule has 8 nitrogen and oxygen atoms in total. The molecule has 0 saturated carbocycles. The number of carbonyl (C=O) groups excluding carboxylic acids is 1. The van der Waals surface area contributed by atoms with Crippen LogP contribution in [-0.2, 0) is 0 Å². The van der Waals surface area contributed by atoms with Crippen molar-refractivity contribution in [2.24, 2.45) is 5.73 Å². The van der Waals surface area contributed by atoms with Crippen molar-refractivity contribution in [2.75, 3.05) is 26.2 Å². The molecular formula is C25H31ClFN5O3. The lowest BCUT2D eigenvalue weighted by atomic mass is 9.92. The van der Waals surface area contributed by atoms with E-state index < -0.39 is 5.82 Å². The van der Waals surface area contributed by atoms with Crippen LogP contribution in [0.5, 0.6) is 5.75 Å². The smallest absolute Gasteiger partial charge is 0.258 e. The summed E-state index contributed by atoms with van der Waals surface area (Å²) in [7, 11) is 0. The quantitative estimate of drug-likeness (QED) is 0.598. The van der Waals surface area contributed by atoms with E-state index in [-0.39, 0.29) is 55.1 Å². The predicted octanol–water partition coefficient (Wildman–Crippen LogP) is 3.10. The second-order valence-corrected chi connectivity index (χ2v) is 9.55. The van der Waals surface area contributed by atoms with Gasteiger partial charge in [0.05, 0.1) is 30.3 Å². The summed E-state index contributed by atoms with van der Waals surface area (Å²) in [5.74, 6) is -0.118. The minimum Gasteiger partial charge on any atom is -0.489 e. The van der Waals surface area contributed by atoms with Crippen LogP contribution in [0.3, 0.4) is 0 Å². The van der Waals surface area contributed by atoms with Crippen LogP contribution in [0.1, 0.15) is 49.3 Å². The molecule has 0 spiro atoms. The van der Waals surface area contributed by atoms with E-state index in [4.69, 9.17) is 22.1 Å². The zero-order valence-electron chi connectivity index (χ0n) is 20.0. The maximum Gasteiger partial charge on any atom is 0.258 e. The largest absolute Gasteiger partial charge is 0.489 e. The number of amides is 1. The van der Waals surface area contributed by atoms with Crippen molar-refractivity contribution in [3.8, 4) is 5.75 Å². The topological polar surface area (TPSA) is 105 Å². The number of nitrogens with two attached hydrogens (primary N) is 1. The van der Waals surface area contributed by atoms with Gasteiger partial charge in [0, 0.05) is 48.4 Å². The Morgan fingerprint density at radius 1 is 1.29 bits per heavy atom. The van der Waals surface area contributed by atoms with Gasteiger partial charge in [-0.1, -0.05) is 18.5 Å². The lowest BCUT2D eigenvalue weighted by Crippen LogP contribution is -2.51. The fourth-order valence-corrected chi connectivity index (χ4v) is 5.12. The first-order valence-corrected chi connectivity index (χ1v) is 12.3. The number of benzene rings is 1. The average molecular weight is 504 g/mol. The maximum absolute atomic E-state index is 14.2. The summed E-state index contributed by atoms with van der Waals surface area (Å²) in [4.78, 5) is 25.7. The maximum atomic E-state index is 14.2. The van der Waals surface area contributed by atoms with Crippen molar-refractivity contribution in [1.29, 1.82) is 0 Å². The van der Waals surface area contributed by atoms with Gasteiger partial charge in [-0.2, -0.15) is 0 Å². The number of likely N-dealkylation sites (tertiary alicyclic amines) is 1. The Labute approximate surface area is 209 Å². The van der Waals surface area contributed by atoms with E-state index in [0.29, 0.717) is 28.7 Å². The zero-order valence-corrected chi connectivity index (χ0v) is 20.7. The molecule has 3 atom stereocenters. The van der Waals surface area contributed by atoms with Crippen LogP contribution in [0.2, 0.25) is 5.02 Å². The number of nitrogens with zero attached hydrogens (tertiary/aromatic N) is 4. The number of ether oxygens (including phenoxy) is 1. The molecule has 0 aliphatic carbocycles. The Morgan fingerprint density at radius 2 is 2.03 bits per heavy atom. The van der Waals surface area contributed by atoms with Crippen LogP contribution in [-0.4, -0.2) is 75.2 Å². The summed E-state index contributed by atoms with van der Waals surface area (Å²) < 4.78 is 20.5. The van der Waals surface area contributed by atoms with Crippen LogP contribution in [0, 0.1) is 5.82 Å². The van der Waals surface area contributed by atoms with Gasteiger partial charge in [-0.05, 0) is 38.3 Å². The summed E-state index contributed by atoms with van der Waals surface area (Å²) in [5.41, 5.74) is 7.66. The lowest BCUT2D eigenvalue weighted by molar-refractivity contribution is 0.00763. The normalized spacial score (nSPS) is 23.1. The fourth-order valence-electron chi connectivity index (χ4n) is 5.02. The Bertz CT molecular complexity index is 1100. The molecule has 2 aliphatic rings. The average Bonchev–Trinajstić information content (AvgIpc) is 3.22. The summed E-state index contributed by atoms with van der Waals surface area (Å²) >= 11 is 5.88. The molecule has 1 fully saturated rings. The van der Waals surface area contributed by atoms with Crippen molar-refractivity contribution in [3.05, 3.63) is 58.5 Å². The minimum atomic E-state index is -0.469. The number of rotatable bonds is 7. The van der Waals surface area contributed by atoms with E-state index >= 15 is 0 Å². The summed E-state index contributed by atoms with van der Waals surface area (Å²) in [6.07, 6.45) is 5.16. The molecule has 1 aromatic heterocycles. The number of β-amino-alcohol motifs (C(OH)–C–C–N with tert-alkyl or cyclic N) is 1. The molecule has 35 heavy (non-hydrogen) atoms. The van der Waals surface area contributed by atoms with Crippen molar-refractivity contribution in [3.63, 3.8) is 0 Å². The monoisotopic (exact) mass is 503 g/mol. The highest BCUT2D eigenvalue weighted by molar-refractivity contribution is 6.30. The van der Waals surface area contributed by atoms with Gasteiger partial charge in [0.15, 0.2) is 5.82 Å². The lowest BCUT2D eigenvalue weighted by Gasteiger charge is -2.43. The fraction of sp³-hybridized carbons (Fsp3) is 0.480. The molecule has 4 rings (SSSR count). The van der Waals surface area contributed by atoms with E-state index in [1.165, 1.54) is 30.6 Å². The number of halogens is 2. The van der Waals surface area contributed by atoms with Crippen molar-refractivity contribution in [2.45, 2.75) is 51.3 Å². The first kappa shape index (κ1) is 25.3. The van der Waals surface area contributed by atoms with Crippen LogP contribution < -0.4 is 10.5 Å². The third-order valence-electron chi connectivity index (χ3n) is 6.75. The molecule has 3 unspecified atom stereocenters. The Kier molecular flexibility index (Phi) is 7.88. The van der Waals surface area contributed by atoms with Gasteiger partial charge in [-0.3, -0.25) is 9.69 Å². The SMILES string of the molecule is CCC1CC(Oc2cc(F)ccc2C(=O)N2CC(N)=C(c3ncc(Cl)cn3)C2)CC(C)N1CCO. The van der Waals surface area contributed by atoms with E-state index in [1.807, 2.05) is 0 Å². The summed E-state index contributed by atoms with van der Waals surface area (Å²) in [6, 6.07) is 4.44. The number of piperidine rings is 1. The Hall–Kier alpha value is -2.75. The van der Waals surface area contributed by atoms with E-state index in [2.05, 4.69) is 28.7 Å². The van der Waals surface area contributed by atoms with Gasteiger partial charge < -0.3 is 20.5 Å². The number of aliphatic hydroxyl groups is 1. The molecule has 1 amide bonds. The highest BCUT2D eigenvalue weighted by Gasteiger charge is 2.34. The van der Waals surface area contributed by atoms with Gasteiger partial charge in [0.2, 0.25) is 0 Å². The van der Waals surface area contributed by atoms with Crippen LogP contribution >= 0.6 is 11.6 Å². The molecule has 2 aliphatic heterocycles. The molecule has 1 saturated heterocycles. The Morgan fingerprint density at radius 3 is 2.71 bits per heavy atom. The number of aromatic nitrogens is 2. The molecule has 188 valence electrons. The summed E-state index contributed by atoms with van der Waals surface area (Å²) in [6.45, 7) is 5.37. The first-order valence-electron chi connectivity index (χ1n) is 11.9. The molecule has 3 heterocycles. The molecule has 0 radical (unpaired) electrons. The molecule has 10 heteroatoms. The number of carbonyl (C=O) groups is 1. The van der Waals surface area contributed by atoms with Crippen molar-refractivity contribution >= 4 is 23.1 Å². The highest BCUT2D eigenvalue weighted by Crippen LogP contribution is 2.32. The van der Waals surface area contributed by atoms with Crippen LogP contribution in [0.15, 0.2) is 36.3 Å². The van der Waals surface area contributed by atoms with Crippen molar-refractivity contribution < 1.29 is 19.0 Å². The van der Waals surface area contributed by atoms with E-state index in [1.54, 1.807) is 4.90 Å². The third kappa shape index (κ3) is 5.58. The second-order valence-electron chi connectivity index (χ2n) is 9.11. The van der Waals surface area contributed by atoms with Crippen LogP contribution in [0.4, 0.5) is 4.39 Å². The van der Waals surface area contributed by atoms with E-state index in [0.717, 1.165) is 19.3 Å². The zero-order chi connectivity index (χ0) is 25.1. The van der Waals surface area contributed by atoms with E-state index in [9.17, 15) is 14.3 Å². The van der Waals surface area contributed by atoms with Crippen molar-refractivity contribution in [1.82, 2.24) is 19.8 Å². The Balaban J connectivity index is 1.51. The van der Waals surface area contributed by atoms with Crippen LogP contribution in [0.25, 0.3) is 5.57 Å². The summed E-state index contributed by atoms with van der Waals surface area (Å²) in [5, 5.41) is 9.83. The van der Waals surface area contributed by atoms with Gasteiger partial charge in [-0.15, -0.1) is 0 Å².